The highest BCUT2D eigenvalue weighted by atomic mass is 16.5. The standard InChI is InChI=1S/C19H34O4/c1-5-8-9-10-11-12-13-14-15-17(19(21)23-7-3)16(4)18(20)22-6-2/h5-15H2,1-4H3. The number of rotatable bonds is 13. The SMILES string of the molecule is CCCCCCCCCCC(C(=O)OCC)=C(C)C(=O)OCC. The maximum absolute atomic E-state index is 12.0. The summed E-state index contributed by atoms with van der Waals surface area (Å²) in [5.41, 5.74) is 0.851. The summed E-state index contributed by atoms with van der Waals surface area (Å²) in [6, 6.07) is 0. The second-order valence-electron chi connectivity index (χ2n) is 5.77. The number of carbonyl (C=O) groups excluding carboxylic acids is 2. The third kappa shape index (κ3) is 10.1. The molecule has 0 atom stereocenters. The summed E-state index contributed by atoms with van der Waals surface area (Å²) in [7, 11) is 0. The van der Waals surface area contributed by atoms with Crippen LogP contribution in [-0.2, 0) is 19.1 Å². The zero-order chi connectivity index (χ0) is 17.5. The summed E-state index contributed by atoms with van der Waals surface area (Å²) < 4.78 is 10.1. The number of esters is 2. The summed E-state index contributed by atoms with van der Waals surface area (Å²) in [4.78, 5) is 23.9. The van der Waals surface area contributed by atoms with Gasteiger partial charge in [-0.2, -0.15) is 0 Å². The molecule has 0 amide bonds. The molecule has 23 heavy (non-hydrogen) atoms. The van der Waals surface area contributed by atoms with Crippen LogP contribution in [0.5, 0.6) is 0 Å². The van der Waals surface area contributed by atoms with Gasteiger partial charge in [0.05, 0.1) is 13.2 Å². The molecule has 0 aliphatic carbocycles. The normalized spacial score (nSPS) is 11.8. The minimum absolute atomic E-state index is 0.310. The third-order valence-corrected chi connectivity index (χ3v) is 3.84. The van der Waals surface area contributed by atoms with E-state index in [0.717, 1.165) is 12.8 Å². The van der Waals surface area contributed by atoms with Gasteiger partial charge in [-0.15, -0.1) is 0 Å². The lowest BCUT2D eigenvalue weighted by Gasteiger charge is -2.11. The third-order valence-electron chi connectivity index (χ3n) is 3.84. The Bertz CT molecular complexity index is 372. The quantitative estimate of drug-likeness (QED) is 0.273. The molecule has 0 N–H and O–H groups in total. The van der Waals surface area contributed by atoms with Crippen molar-refractivity contribution in [2.24, 2.45) is 0 Å². The van der Waals surface area contributed by atoms with Crippen molar-refractivity contribution < 1.29 is 19.1 Å². The lowest BCUT2D eigenvalue weighted by atomic mass is 10.0. The first kappa shape index (κ1) is 21.7. The Morgan fingerprint density at radius 3 is 1.70 bits per heavy atom. The van der Waals surface area contributed by atoms with E-state index in [1.54, 1.807) is 20.8 Å². The molecule has 0 bridgehead atoms. The first-order valence-corrected chi connectivity index (χ1v) is 9.12. The molecule has 0 radical (unpaired) electrons. The summed E-state index contributed by atoms with van der Waals surface area (Å²) in [6.07, 6.45) is 10.2. The Balaban J connectivity index is 4.36. The minimum Gasteiger partial charge on any atom is -0.463 e. The Hall–Kier alpha value is -1.32. The Labute approximate surface area is 141 Å². The van der Waals surface area contributed by atoms with Gasteiger partial charge in [0.25, 0.3) is 0 Å². The molecule has 0 heterocycles. The van der Waals surface area contributed by atoms with Gasteiger partial charge in [-0.25, -0.2) is 9.59 Å². The van der Waals surface area contributed by atoms with Crippen molar-refractivity contribution in [2.75, 3.05) is 13.2 Å². The van der Waals surface area contributed by atoms with Gasteiger partial charge in [0.15, 0.2) is 0 Å². The molecule has 4 heteroatoms. The largest absolute Gasteiger partial charge is 0.463 e. The number of carbonyl (C=O) groups is 2. The van der Waals surface area contributed by atoms with Crippen molar-refractivity contribution in [3.05, 3.63) is 11.1 Å². The molecule has 0 aliphatic rings. The van der Waals surface area contributed by atoms with Crippen molar-refractivity contribution in [1.29, 1.82) is 0 Å². The van der Waals surface area contributed by atoms with Crippen LogP contribution in [0.15, 0.2) is 11.1 Å². The number of hydrogen-bond acceptors (Lipinski definition) is 4. The maximum Gasteiger partial charge on any atom is 0.334 e. The molecule has 0 saturated carbocycles. The molecule has 0 aliphatic heterocycles. The molecule has 0 unspecified atom stereocenters. The van der Waals surface area contributed by atoms with Crippen LogP contribution in [0.25, 0.3) is 0 Å². The Kier molecular flexibility index (Phi) is 13.5. The van der Waals surface area contributed by atoms with Crippen LogP contribution in [0.1, 0.15) is 85.5 Å². The second-order valence-corrected chi connectivity index (χ2v) is 5.77. The van der Waals surface area contributed by atoms with Crippen LogP contribution in [0.2, 0.25) is 0 Å². The van der Waals surface area contributed by atoms with Crippen LogP contribution >= 0.6 is 0 Å². The van der Waals surface area contributed by atoms with Crippen molar-refractivity contribution >= 4 is 11.9 Å². The van der Waals surface area contributed by atoms with Gasteiger partial charge in [-0.05, 0) is 33.6 Å². The van der Waals surface area contributed by atoms with Crippen molar-refractivity contribution in [2.45, 2.75) is 85.5 Å². The van der Waals surface area contributed by atoms with Gasteiger partial charge in [-0.1, -0.05) is 51.9 Å². The molecule has 0 aromatic rings. The Morgan fingerprint density at radius 1 is 0.696 bits per heavy atom. The number of unbranched alkanes of at least 4 members (excludes halogenated alkanes) is 7. The van der Waals surface area contributed by atoms with Crippen LogP contribution in [-0.4, -0.2) is 25.2 Å². The highest BCUT2D eigenvalue weighted by molar-refractivity contribution is 5.99. The van der Waals surface area contributed by atoms with E-state index in [-0.39, 0.29) is 5.97 Å². The van der Waals surface area contributed by atoms with Gasteiger partial charge in [0.1, 0.15) is 0 Å². The van der Waals surface area contributed by atoms with E-state index in [0.29, 0.717) is 30.8 Å². The van der Waals surface area contributed by atoms with Gasteiger partial charge < -0.3 is 9.47 Å². The van der Waals surface area contributed by atoms with Gasteiger partial charge in [0, 0.05) is 11.1 Å². The minimum atomic E-state index is -0.421. The van der Waals surface area contributed by atoms with E-state index in [9.17, 15) is 9.59 Å². The topological polar surface area (TPSA) is 52.6 Å². The van der Waals surface area contributed by atoms with Crippen LogP contribution in [0.3, 0.4) is 0 Å². The fraction of sp³-hybridized carbons (Fsp3) is 0.789. The summed E-state index contributed by atoms with van der Waals surface area (Å²) in [5, 5.41) is 0. The summed E-state index contributed by atoms with van der Waals surface area (Å²) in [5.74, 6) is -0.809. The Morgan fingerprint density at radius 2 is 1.17 bits per heavy atom. The van der Waals surface area contributed by atoms with Crippen LogP contribution in [0, 0.1) is 0 Å². The molecule has 0 fully saturated rings. The van der Waals surface area contributed by atoms with Gasteiger partial charge in [0.2, 0.25) is 0 Å². The molecular formula is C19H34O4. The number of hydrogen-bond donors (Lipinski definition) is 0. The molecule has 134 valence electrons. The first-order chi connectivity index (χ1) is 11.1. The monoisotopic (exact) mass is 326 g/mol. The van der Waals surface area contributed by atoms with Crippen LogP contribution in [0.4, 0.5) is 0 Å². The molecule has 0 saturated heterocycles. The predicted octanol–water partition coefficient (Wildman–Crippen LogP) is 4.96. The fourth-order valence-electron chi connectivity index (χ4n) is 2.46. The summed E-state index contributed by atoms with van der Waals surface area (Å²) in [6.45, 7) is 8.02. The molecule has 0 aromatic carbocycles. The molecule has 0 rings (SSSR count). The highest BCUT2D eigenvalue weighted by Crippen LogP contribution is 2.18. The molecular weight excluding hydrogens is 292 g/mol. The molecule has 0 aromatic heterocycles. The lowest BCUT2D eigenvalue weighted by Crippen LogP contribution is -2.15. The van der Waals surface area contributed by atoms with Crippen molar-refractivity contribution in [3.8, 4) is 0 Å². The van der Waals surface area contributed by atoms with Gasteiger partial charge in [-0.3, -0.25) is 0 Å². The van der Waals surface area contributed by atoms with E-state index in [4.69, 9.17) is 9.47 Å². The highest BCUT2D eigenvalue weighted by Gasteiger charge is 2.19. The first-order valence-electron chi connectivity index (χ1n) is 9.12. The smallest absolute Gasteiger partial charge is 0.334 e. The molecule has 0 spiro atoms. The average molecular weight is 326 g/mol. The fourth-order valence-corrected chi connectivity index (χ4v) is 2.46. The predicted molar refractivity (Wildman–Crippen MR) is 93.2 cm³/mol. The van der Waals surface area contributed by atoms with Crippen molar-refractivity contribution in [3.63, 3.8) is 0 Å². The van der Waals surface area contributed by atoms with E-state index in [1.165, 1.54) is 38.5 Å². The second kappa shape index (κ2) is 14.3. The zero-order valence-corrected chi connectivity index (χ0v) is 15.4. The summed E-state index contributed by atoms with van der Waals surface area (Å²) >= 11 is 0. The lowest BCUT2D eigenvalue weighted by molar-refractivity contribution is -0.141. The average Bonchev–Trinajstić information content (AvgIpc) is 2.53. The van der Waals surface area contributed by atoms with Gasteiger partial charge >= 0.3 is 11.9 Å². The van der Waals surface area contributed by atoms with Crippen LogP contribution < -0.4 is 0 Å². The maximum atomic E-state index is 12.0. The molecule has 4 nitrogen and oxygen atoms in total. The number of ether oxygens (including phenoxy) is 2. The zero-order valence-electron chi connectivity index (χ0n) is 15.4. The van der Waals surface area contributed by atoms with Crippen molar-refractivity contribution in [1.82, 2.24) is 0 Å². The van der Waals surface area contributed by atoms with E-state index in [1.807, 2.05) is 0 Å². The van der Waals surface area contributed by atoms with E-state index < -0.39 is 5.97 Å². The van der Waals surface area contributed by atoms with E-state index >= 15 is 0 Å². The van der Waals surface area contributed by atoms with E-state index in [2.05, 4.69) is 6.92 Å².